The van der Waals surface area contributed by atoms with Crippen LogP contribution < -0.4 is 16.8 Å². The first-order chi connectivity index (χ1) is 13.7. The summed E-state index contributed by atoms with van der Waals surface area (Å²) >= 11 is 0. The predicted molar refractivity (Wildman–Crippen MR) is 95.4 cm³/mol. The Morgan fingerprint density at radius 3 is 1.23 bits per heavy atom. The monoisotopic (exact) mass is 435 g/mol. The van der Waals surface area contributed by atoms with Crippen LogP contribution in [-0.4, -0.2) is 90.3 Å². The number of aliphatic carboxylic acids is 5. The third-order valence-electron chi connectivity index (χ3n) is 5.89. The summed E-state index contributed by atoms with van der Waals surface area (Å²) in [5.74, 6) is -8.25. The van der Waals surface area contributed by atoms with Crippen molar-refractivity contribution in [2.24, 2.45) is 16.9 Å². The summed E-state index contributed by atoms with van der Waals surface area (Å²) in [6.07, 6.45) is -5.85. The van der Waals surface area contributed by atoms with Crippen molar-refractivity contribution in [3.63, 3.8) is 0 Å². The zero-order valence-corrected chi connectivity index (χ0v) is 15.8. The Morgan fingerprint density at radius 1 is 0.600 bits per heavy atom. The summed E-state index contributed by atoms with van der Waals surface area (Å²) in [5, 5.41) is 61.3. The highest BCUT2D eigenvalue weighted by molar-refractivity contribution is 5.79. The largest absolute Gasteiger partial charge is 0.481 e. The summed E-state index contributed by atoms with van der Waals surface area (Å²) in [6.45, 7) is -1.55. The maximum Gasteiger partial charge on any atom is 0.306 e. The molecule has 11 N–H and O–H groups in total. The maximum atomic E-state index is 11.7. The lowest BCUT2D eigenvalue weighted by atomic mass is 9.53. The second kappa shape index (κ2) is 8.51. The Hall–Kier alpha value is -2.81. The summed E-state index contributed by atoms with van der Waals surface area (Å²) in [7, 11) is 0. The molecule has 1 heterocycles. The van der Waals surface area contributed by atoms with Gasteiger partial charge in [-0.25, -0.2) is 0 Å². The van der Waals surface area contributed by atoms with Crippen LogP contribution in [0.5, 0.6) is 0 Å². The van der Waals surface area contributed by atoms with Crippen LogP contribution >= 0.6 is 0 Å². The molecule has 0 saturated carbocycles. The fraction of sp³-hybridized carbons (Fsp3) is 0.688. The molecule has 1 fully saturated rings. The van der Waals surface area contributed by atoms with Crippen LogP contribution in [0.4, 0.5) is 0 Å². The van der Waals surface area contributed by atoms with E-state index < -0.39 is 97.1 Å². The molecule has 0 aliphatic carbocycles. The van der Waals surface area contributed by atoms with Gasteiger partial charge >= 0.3 is 29.8 Å². The van der Waals surface area contributed by atoms with Gasteiger partial charge in [-0.2, -0.15) is 0 Å². The lowest BCUT2D eigenvalue weighted by molar-refractivity contribution is -0.180. The molecule has 0 aromatic heterocycles. The molecule has 3 unspecified atom stereocenters. The van der Waals surface area contributed by atoms with Gasteiger partial charge in [0.05, 0.1) is 43.2 Å². The number of aliphatic hydroxyl groups is 1. The Kier molecular flexibility index (Phi) is 7.16. The third kappa shape index (κ3) is 3.94. The second-order valence-corrected chi connectivity index (χ2v) is 7.49. The molecule has 1 aliphatic heterocycles. The van der Waals surface area contributed by atoms with E-state index >= 15 is 0 Å². The normalized spacial score (nSPS) is 30.0. The summed E-state index contributed by atoms with van der Waals surface area (Å²) in [6, 6.07) is 0. The number of carboxylic acid groups (broad SMARTS) is 5. The van der Waals surface area contributed by atoms with Crippen molar-refractivity contribution in [1.82, 2.24) is 5.32 Å². The topological polar surface area (TPSA) is 271 Å². The molecule has 14 nitrogen and oxygen atoms in total. The first-order valence-electron chi connectivity index (χ1n) is 8.67. The minimum Gasteiger partial charge on any atom is -0.481 e. The standard InChI is InChI=1S/C16H25N3O11/c17-6-14(3-10(24)25)13(1-8(20)21,2-9(22)23)16(30,5-12(28)29)15(7-18,19-14)4-11(26)27/h19,30H,1-7,17-18H2,(H,20,21)(H,22,23)(H,24,25)(H,26,27)(H,28,29). The van der Waals surface area contributed by atoms with E-state index in [4.69, 9.17) is 11.5 Å². The van der Waals surface area contributed by atoms with Gasteiger partial charge in [0.2, 0.25) is 0 Å². The van der Waals surface area contributed by atoms with Crippen LogP contribution in [0.2, 0.25) is 0 Å². The van der Waals surface area contributed by atoms with Gasteiger partial charge in [0.25, 0.3) is 0 Å². The lowest BCUT2D eigenvalue weighted by Gasteiger charge is -2.50. The number of carbonyl (C=O) groups is 5. The molecule has 0 amide bonds. The number of nitrogens with two attached hydrogens (primary N) is 2. The summed E-state index contributed by atoms with van der Waals surface area (Å²) < 4.78 is 0. The second-order valence-electron chi connectivity index (χ2n) is 7.49. The quantitative estimate of drug-likeness (QED) is 0.148. The zero-order chi connectivity index (χ0) is 23.5. The first kappa shape index (κ1) is 25.2. The molecule has 0 spiro atoms. The first-order valence-corrected chi connectivity index (χ1v) is 8.67. The van der Waals surface area contributed by atoms with Crippen molar-refractivity contribution in [2.45, 2.75) is 48.8 Å². The van der Waals surface area contributed by atoms with Crippen LogP contribution in [0.1, 0.15) is 32.1 Å². The van der Waals surface area contributed by atoms with Gasteiger partial charge in [-0.1, -0.05) is 0 Å². The van der Waals surface area contributed by atoms with Gasteiger partial charge in [0.1, 0.15) is 5.60 Å². The molecular formula is C16H25N3O11. The fourth-order valence-corrected chi connectivity index (χ4v) is 4.83. The van der Waals surface area contributed by atoms with Crippen LogP contribution in [0.15, 0.2) is 0 Å². The lowest BCUT2D eigenvalue weighted by Crippen LogP contribution is -2.67. The number of hydrogen-bond acceptors (Lipinski definition) is 9. The van der Waals surface area contributed by atoms with E-state index in [0.717, 1.165) is 0 Å². The number of rotatable bonds is 12. The Bertz CT molecular complexity index is 741. The highest BCUT2D eigenvalue weighted by atomic mass is 16.4. The van der Waals surface area contributed by atoms with Gasteiger partial charge in [-0.3, -0.25) is 29.3 Å². The molecule has 0 aromatic rings. The number of carboxylic acids is 5. The Labute approximate surface area is 169 Å². The zero-order valence-electron chi connectivity index (χ0n) is 15.8. The van der Waals surface area contributed by atoms with Crippen molar-refractivity contribution in [3.8, 4) is 0 Å². The third-order valence-corrected chi connectivity index (χ3v) is 5.89. The molecule has 1 aliphatic rings. The molecule has 1 saturated heterocycles. The van der Waals surface area contributed by atoms with Crippen LogP contribution in [0, 0.1) is 5.41 Å². The molecule has 0 radical (unpaired) electrons. The molecule has 1 rings (SSSR count). The van der Waals surface area contributed by atoms with Gasteiger partial charge in [-0.15, -0.1) is 0 Å². The van der Waals surface area contributed by atoms with Gasteiger partial charge in [0, 0.05) is 18.5 Å². The van der Waals surface area contributed by atoms with Crippen molar-refractivity contribution in [3.05, 3.63) is 0 Å². The highest BCUT2D eigenvalue weighted by Gasteiger charge is 2.78. The van der Waals surface area contributed by atoms with Crippen LogP contribution in [0.3, 0.4) is 0 Å². The molecule has 14 heteroatoms. The van der Waals surface area contributed by atoms with Crippen molar-refractivity contribution in [1.29, 1.82) is 0 Å². The van der Waals surface area contributed by atoms with Gasteiger partial charge in [-0.05, 0) is 0 Å². The molecule has 30 heavy (non-hydrogen) atoms. The number of hydrogen-bond donors (Lipinski definition) is 9. The van der Waals surface area contributed by atoms with Crippen LogP contribution in [0.25, 0.3) is 0 Å². The molecule has 3 atom stereocenters. The van der Waals surface area contributed by atoms with E-state index in [2.05, 4.69) is 5.32 Å². The van der Waals surface area contributed by atoms with Gasteiger partial charge < -0.3 is 42.1 Å². The van der Waals surface area contributed by atoms with E-state index in [1.54, 1.807) is 0 Å². The average molecular weight is 435 g/mol. The van der Waals surface area contributed by atoms with Crippen molar-refractivity contribution >= 4 is 29.8 Å². The molecular weight excluding hydrogens is 410 g/mol. The number of nitrogens with one attached hydrogen (secondary N) is 1. The van der Waals surface area contributed by atoms with Gasteiger partial charge in [0.15, 0.2) is 0 Å². The maximum absolute atomic E-state index is 11.7. The minimum atomic E-state index is -2.91. The van der Waals surface area contributed by atoms with E-state index in [-0.39, 0.29) is 0 Å². The summed E-state index contributed by atoms with van der Waals surface area (Å²) in [4.78, 5) is 58.2. The van der Waals surface area contributed by atoms with Crippen molar-refractivity contribution in [2.75, 3.05) is 13.1 Å². The predicted octanol–water partition coefficient (Wildman–Crippen LogP) is -2.92. The van der Waals surface area contributed by atoms with E-state index in [1.165, 1.54) is 0 Å². The smallest absolute Gasteiger partial charge is 0.306 e. The molecule has 170 valence electrons. The van der Waals surface area contributed by atoms with Crippen LogP contribution in [-0.2, 0) is 24.0 Å². The van der Waals surface area contributed by atoms with E-state index in [1.807, 2.05) is 0 Å². The van der Waals surface area contributed by atoms with E-state index in [0.29, 0.717) is 0 Å². The van der Waals surface area contributed by atoms with E-state index in [9.17, 15) is 54.6 Å². The molecule has 0 bridgehead atoms. The summed E-state index contributed by atoms with van der Waals surface area (Å²) in [5.41, 5.74) is 1.48. The average Bonchev–Trinajstić information content (AvgIpc) is 2.70. The SMILES string of the molecule is NCC1(CC(=O)O)NC(CN)(CC(=O)O)C(CC(=O)O)(CC(=O)O)C1(O)CC(=O)O. The Balaban J connectivity index is 4.12. The Morgan fingerprint density at radius 2 is 0.933 bits per heavy atom. The molecule has 0 aromatic carbocycles. The fourth-order valence-electron chi connectivity index (χ4n) is 4.83. The van der Waals surface area contributed by atoms with Crippen molar-refractivity contribution < 1.29 is 54.6 Å². The minimum absolute atomic E-state index is 0.761. The highest BCUT2D eigenvalue weighted by Crippen LogP contribution is 2.61.